The number of hydrogen-bond donors (Lipinski definition) is 1. The summed E-state index contributed by atoms with van der Waals surface area (Å²) in [6.45, 7) is 1.94. The van der Waals surface area contributed by atoms with E-state index in [1.54, 1.807) is 55.5 Å². The molecule has 1 aliphatic rings. The maximum absolute atomic E-state index is 13.3. The van der Waals surface area contributed by atoms with Gasteiger partial charge < -0.3 is 4.74 Å². The van der Waals surface area contributed by atoms with Crippen molar-refractivity contribution in [1.82, 2.24) is 5.32 Å². The predicted octanol–water partition coefficient (Wildman–Crippen LogP) is 5.03. The third-order valence-corrected chi connectivity index (χ3v) is 5.39. The van der Waals surface area contributed by atoms with Gasteiger partial charge >= 0.3 is 6.03 Å². The number of carbonyl (C=O) groups is 3. The lowest BCUT2D eigenvalue weighted by atomic mass is 10.1. The number of benzene rings is 3. The van der Waals surface area contributed by atoms with Crippen LogP contribution in [0.15, 0.2) is 72.3 Å². The molecular formula is C25H18ClFN2O4. The molecule has 0 spiro atoms. The zero-order valence-corrected chi connectivity index (χ0v) is 18.2. The molecule has 33 heavy (non-hydrogen) atoms. The van der Waals surface area contributed by atoms with Crippen LogP contribution in [0.2, 0.25) is 5.02 Å². The van der Waals surface area contributed by atoms with Gasteiger partial charge in [-0.25, -0.2) is 14.1 Å². The van der Waals surface area contributed by atoms with Crippen LogP contribution in [0.5, 0.6) is 5.75 Å². The number of barbiturate groups is 1. The first-order chi connectivity index (χ1) is 15.8. The van der Waals surface area contributed by atoms with Gasteiger partial charge in [0.05, 0.1) is 5.69 Å². The second-order valence-corrected chi connectivity index (χ2v) is 7.79. The van der Waals surface area contributed by atoms with Crippen molar-refractivity contribution in [3.63, 3.8) is 0 Å². The first-order valence-electron chi connectivity index (χ1n) is 9.97. The molecule has 1 aliphatic heterocycles. The van der Waals surface area contributed by atoms with E-state index in [4.69, 9.17) is 16.3 Å². The number of hydrogen-bond acceptors (Lipinski definition) is 4. The summed E-state index contributed by atoms with van der Waals surface area (Å²) < 4.78 is 19.0. The highest BCUT2D eigenvalue weighted by Crippen LogP contribution is 2.27. The molecule has 0 bridgehead atoms. The number of amides is 4. The molecule has 8 heteroatoms. The molecular weight excluding hydrogens is 447 g/mol. The Hall–Kier alpha value is -3.97. The zero-order valence-electron chi connectivity index (χ0n) is 17.5. The van der Waals surface area contributed by atoms with E-state index in [0.717, 1.165) is 10.5 Å². The molecule has 0 aliphatic carbocycles. The molecule has 3 aromatic carbocycles. The van der Waals surface area contributed by atoms with E-state index >= 15 is 0 Å². The number of imide groups is 2. The lowest BCUT2D eigenvalue weighted by Crippen LogP contribution is -2.54. The quantitative estimate of drug-likeness (QED) is 0.424. The predicted molar refractivity (Wildman–Crippen MR) is 122 cm³/mol. The number of halogens is 2. The number of carbonyl (C=O) groups excluding carboxylic acids is 3. The summed E-state index contributed by atoms with van der Waals surface area (Å²) in [5, 5.41) is 2.57. The molecule has 0 radical (unpaired) electrons. The van der Waals surface area contributed by atoms with E-state index in [0.29, 0.717) is 21.9 Å². The maximum Gasteiger partial charge on any atom is 0.335 e. The Bertz CT molecular complexity index is 1310. The van der Waals surface area contributed by atoms with E-state index in [-0.39, 0.29) is 23.7 Å². The van der Waals surface area contributed by atoms with Gasteiger partial charge in [-0.1, -0.05) is 41.9 Å². The van der Waals surface area contributed by atoms with Crippen molar-refractivity contribution in [3.05, 3.63) is 99.8 Å². The van der Waals surface area contributed by atoms with Gasteiger partial charge in [0.2, 0.25) is 0 Å². The van der Waals surface area contributed by atoms with Gasteiger partial charge in [-0.15, -0.1) is 0 Å². The molecule has 166 valence electrons. The summed E-state index contributed by atoms with van der Waals surface area (Å²) in [4.78, 5) is 38.7. The molecule has 0 atom stereocenters. The normalized spacial score (nSPS) is 15.1. The Morgan fingerprint density at radius 1 is 1.03 bits per heavy atom. The third-order valence-electron chi connectivity index (χ3n) is 4.98. The number of anilines is 1. The molecule has 6 nitrogen and oxygen atoms in total. The third kappa shape index (κ3) is 4.94. The van der Waals surface area contributed by atoms with Crippen LogP contribution in [0.4, 0.5) is 14.9 Å². The van der Waals surface area contributed by atoms with Gasteiger partial charge in [-0.2, -0.15) is 0 Å². The van der Waals surface area contributed by atoms with Gasteiger partial charge in [-0.3, -0.25) is 14.9 Å². The fourth-order valence-corrected chi connectivity index (χ4v) is 3.44. The highest BCUT2D eigenvalue weighted by Gasteiger charge is 2.37. The summed E-state index contributed by atoms with van der Waals surface area (Å²) in [7, 11) is 0. The number of nitrogens with one attached hydrogen (secondary N) is 1. The van der Waals surface area contributed by atoms with Crippen LogP contribution in [0.1, 0.15) is 16.7 Å². The first-order valence-corrected chi connectivity index (χ1v) is 10.3. The molecule has 0 saturated carbocycles. The van der Waals surface area contributed by atoms with E-state index in [1.807, 2.05) is 0 Å². The molecule has 1 N–H and O–H groups in total. The Morgan fingerprint density at radius 3 is 2.58 bits per heavy atom. The highest BCUT2D eigenvalue weighted by atomic mass is 35.5. The molecule has 1 saturated heterocycles. The molecule has 3 aromatic rings. The maximum atomic E-state index is 13.3. The first kappa shape index (κ1) is 22.2. The van der Waals surface area contributed by atoms with Crippen LogP contribution in [-0.2, 0) is 16.2 Å². The molecule has 0 aromatic heterocycles. The van der Waals surface area contributed by atoms with Crippen molar-refractivity contribution in [3.8, 4) is 5.75 Å². The van der Waals surface area contributed by atoms with Gasteiger partial charge in [-0.05, 0) is 66.1 Å². The summed E-state index contributed by atoms with van der Waals surface area (Å²) in [5.41, 5.74) is 1.99. The fraction of sp³-hybridized carbons (Fsp3) is 0.0800. The van der Waals surface area contributed by atoms with Crippen LogP contribution in [0, 0.1) is 12.7 Å². The van der Waals surface area contributed by atoms with Gasteiger partial charge in [0.25, 0.3) is 11.8 Å². The van der Waals surface area contributed by atoms with Crippen molar-refractivity contribution in [2.45, 2.75) is 13.5 Å². The zero-order chi connectivity index (χ0) is 23.5. The molecule has 1 heterocycles. The standard InChI is InChI=1S/C25H18ClFN2O4/c1-15-8-9-19(13-22(15)26)29-24(31)21(23(30)28-25(29)32)12-16-4-3-7-20(11-16)33-14-17-5-2-6-18(27)10-17/h2-13H,14H2,1H3,(H,28,30,32)/b21-12+. The van der Waals surface area contributed by atoms with Crippen molar-refractivity contribution in [1.29, 1.82) is 0 Å². The van der Waals surface area contributed by atoms with Gasteiger partial charge in [0.15, 0.2) is 0 Å². The smallest absolute Gasteiger partial charge is 0.335 e. The lowest BCUT2D eigenvalue weighted by molar-refractivity contribution is -0.122. The van der Waals surface area contributed by atoms with E-state index in [1.165, 1.54) is 24.3 Å². The average Bonchev–Trinajstić information content (AvgIpc) is 2.78. The minimum atomic E-state index is -0.853. The van der Waals surface area contributed by atoms with Crippen LogP contribution in [0.25, 0.3) is 6.08 Å². The Labute approximate surface area is 194 Å². The van der Waals surface area contributed by atoms with Crippen LogP contribution < -0.4 is 15.0 Å². The fourth-order valence-electron chi connectivity index (χ4n) is 3.27. The largest absolute Gasteiger partial charge is 0.489 e. The van der Waals surface area contributed by atoms with Crippen LogP contribution in [0.3, 0.4) is 0 Å². The monoisotopic (exact) mass is 464 g/mol. The number of nitrogens with zero attached hydrogens (tertiary/aromatic N) is 1. The van der Waals surface area contributed by atoms with Crippen molar-refractivity contribution in [2.24, 2.45) is 0 Å². The van der Waals surface area contributed by atoms with E-state index in [9.17, 15) is 18.8 Å². The van der Waals surface area contributed by atoms with Crippen molar-refractivity contribution >= 4 is 41.2 Å². The molecule has 1 fully saturated rings. The molecule has 0 unspecified atom stereocenters. The highest BCUT2D eigenvalue weighted by molar-refractivity contribution is 6.39. The Balaban J connectivity index is 1.58. The second-order valence-electron chi connectivity index (χ2n) is 7.38. The second kappa shape index (κ2) is 9.26. The minimum absolute atomic E-state index is 0.146. The lowest BCUT2D eigenvalue weighted by Gasteiger charge is -2.26. The summed E-state index contributed by atoms with van der Waals surface area (Å²) in [6, 6.07) is 16.7. The van der Waals surface area contributed by atoms with Crippen LogP contribution in [-0.4, -0.2) is 17.8 Å². The van der Waals surface area contributed by atoms with E-state index in [2.05, 4.69) is 5.32 Å². The number of aryl methyl sites for hydroxylation is 1. The topological polar surface area (TPSA) is 75.7 Å². The Kier molecular flexibility index (Phi) is 6.24. The summed E-state index contributed by atoms with van der Waals surface area (Å²) in [6.07, 6.45) is 1.38. The number of ether oxygens (including phenoxy) is 1. The van der Waals surface area contributed by atoms with Crippen molar-refractivity contribution < 1.29 is 23.5 Å². The minimum Gasteiger partial charge on any atom is -0.489 e. The van der Waals surface area contributed by atoms with Gasteiger partial charge in [0.1, 0.15) is 23.7 Å². The van der Waals surface area contributed by atoms with Gasteiger partial charge in [0, 0.05) is 5.02 Å². The molecule has 4 rings (SSSR count). The number of urea groups is 1. The molecule has 4 amide bonds. The van der Waals surface area contributed by atoms with E-state index < -0.39 is 17.8 Å². The summed E-state index contributed by atoms with van der Waals surface area (Å²) in [5.74, 6) is -1.46. The average molecular weight is 465 g/mol. The van der Waals surface area contributed by atoms with Crippen molar-refractivity contribution in [2.75, 3.05) is 4.90 Å². The summed E-state index contributed by atoms with van der Waals surface area (Å²) >= 11 is 6.14. The SMILES string of the molecule is Cc1ccc(N2C(=O)NC(=O)/C(=C\c3cccc(OCc4cccc(F)c4)c3)C2=O)cc1Cl. The van der Waals surface area contributed by atoms with Crippen LogP contribution >= 0.6 is 11.6 Å². The Morgan fingerprint density at radius 2 is 1.82 bits per heavy atom. The number of rotatable bonds is 5.